The number of carbonyl (C=O) groups excluding carboxylic acids is 1. The topological polar surface area (TPSA) is 41.1 Å². The number of anilines is 2. The third-order valence-electron chi connectivity index (χ3n) is 2.80. The molecule has 0 radical (unpaired) electrons. The molecular weight excluding hydrogens is 350 g/mol. The molecule has 0 heterocycles. The summed E-state index contributed by atoms with van der Waals surface area (Å²) in [5.74, 6) is -0.740. The summed E-state index contributed by atoms with van der Waals surface area (Å²) in [5, 5.41) is 6.58. The van der Waals surface area contributed by atoms with Crippen molar-refractivity contribution < 1.29 is 9.18 Å². The second-order valence-electron chi connectivity index (χ2n) is 4.48. The molecule has 1 amide bonds. The molecule has 0 aliphatic heterocycles. The number of rotatable bonds is 5. The minimum Gasteiger partial charge on any atom is -0.384 e. The Labute approximate surface area is 142 Å². The van der Waals surface area contributed by atoms with Gasteiger partial charge in [0.05, 0.1) is 15.1 Å². The van der Waals surface area contributed by atoms with Crippen LogP contribution in [-0.4, -0.2) is 12.5 Å². The summed E-state index contributed by atoms with van der Waals surface area (Å²) in [7, 11) is 0. The minimum absolute atomic E-state index is 0.0354. The van der Waals surface area contributed by atoms with Crippen molar-refractivity contribution >= 4 is 52.1 Å². The SMILES string of the molecule is O=C(CCNc1ccc(Cl)c(Cl)c1)Nc1ccc(F)c(Cl)c1. The fraction of sp³-hybridized carbons (Fsp3) is 0.133. The Balaban J connectivity index is 1.82. The van der Waals surface area contributed by atoms with Crippen molar-refractivity contribution in [1.82, 2.24) is 0 Å². The normalized spacial score (nSPS) is 10.4. The maximum absolute atomic E-state index is 13.0. The number of nitrogens with one attached hydrogen (secondary N) is 2. The van der Waals surface area contributed by atoms with Crippen LogP contribution in [0.3, 0.4) is 0 Å². The zero-order valence-electron chi connectivity index (χ0n) is 11.3. The predicted octanol–water partition coefficient (Wildman–Crippen LogP) is 5.23. The van der Waals surface area contributed by atoms with Crippen LogP contribution >= 0.6 is 34.8 Å². The summed E-state index contributed by atoms with van der Waals surface area (Å²) >= 11 is 17.4. The zero-order valence-corrected chi connectivity index (χ0v) is 13.6. The molecule has 0 spiro atoms. The molecule has 2 aromatic rings. The van der Waals surface area contributed by atoms with Gasteiger partial charge in [0.25, 0.3) is 0 Å². The summed E-state index contributed by atoms with van der Waals surface area (Å²) in [6.07, 6.45) is 0.231. The number of amides is 1. The minimum atomic E-state index is -0.527. The van der Waals surface area contributed by atoms with Crippen LogP contribution in [0.25, 0.3) is 0 Å². The molecule has 0 bridgehead atoms. The highest BCUT2D eigenvalue weighted by Crippen LogP contribution is 2.25. The van der Waals surface area contributed by atoms with E-state index in [0.29, 0.717) is 22.3 Å². The molecule has 2 rings (SSSR count). The Kier molecular flexibility index (Phi) is 5.89. The van der Waals surface area contributed by atoms with Gasteiger partial charge in [-0.25, -0.2) is 4.39 Å². The summed E-state index contributed by atoms with van der Waals surface area (Å²) < 4.78 is 13.0. The van der Waals surface area contributed by atoms with E-state index in [4.69, 9.17) is 34.8 Å². The average molecular weight is 362 g/mol. The molecule has 0 aliphatic rings. The van der Waals surface area contributed by atoms with Crippen LogP contribution < -0.4 is 10.6 Å². The maximum Gasteiger partial charge on any atom is 0.226 e. The smallest absolute Gasteiger partial charge is 0.226 e. The van der Waals surface area contributed by atoms with Gasteiger partial charge in [-0.2, -0.15) is 0 Å². The highest BCUT2D eigenvalue weighted by molar-refractivity contribution is 6.42. The van der Waals surface area contributed by atoms with Crippen molar-refractivity contribution in [2.45, 2.75) is 6.42 Å². The van der Waals surface area contributed by atoms with Crippen LogP contribution in [0.15, 0.2) is 36.4 Å². The van der Waals surface area contributed by atoms with E-state index in [0.717, 1.165) is 5.69 Å². The lowest BCUT2D eigenvalue weighted by Crippen LogP contribution is -2.16. The number of benzene rings is 2. The van der Waals surface area contributed by atoms with E-state index in [-0.39, 0.29) is 17.4 Å². The van der Waals surface area contributed by atoms with Crippen LogP contribution in [-0.2, 0) is 4.79 Å². The Morgan fingerprint density at radius 1 is 0.955 bits per heavy atom. The number of hydrogen-bond donors (Lipinski definition) is 2. The van der Waals surface area contributed by atoms with Crippen molar-refractivity contribution in [3.63, 3.8) is 0 Å². The maximum atomic E-state index is 13.0. The van der Waals surface area contributed by atoms with Crippen LogP contribution in [0.4, 0.5) is 15.8 Å². The molecule has 2 aromatic carbocycles. The Bertz CT molecular complexity index is 694. The van der Waals surface area contributed by atoms with Crippen molar-refractivity contribution in [3.05, 3.63) is 57.3 Å². The van der Waals surface area contributed by atoms with Crippen LogP contribution in [0, 0.1) is 5.82 Å². The lowest BCUT2D eigenvalue weighted by molar-refractivity contribution is -0.115. The molecule has 3 nitrogen and oxygen atoms in total. The quantitative estimate of drug-likeness (QED) is 0.766. The van der Waals surface area contributed by atoms with Crippen LogP contribution in [0.1, 0.15) is 6.42 Å². The molecule has 0 saturated carbocycles. The van der Waals surface area contributed by atoms with E-state index in [1.807, 2.05) is 0 Å². The Morgan fingerprint density at radius 2 is 1.64 bits per heavy atom. The number of halogens is 4. The third kappa shape index (κ3) is 4.77. The summed E-state index contributed by atoms with van der Waals surface area (Å²) in [5.41, 5.74) is 1.22. The first-order valence-corrected chi connectivity index (χ1v) is 7.53. The zero-order chi connectivity index (χ0) is 16.1. The standard InChI is InChI=1S/C15H12Cl3FN2O/c16-11-3-1-9(7-12(11)17)20-6-5-15(22)21-10-2-4-14(19)13(18)8-10/h1-4,7-8,20H,5-6H2,(H,21,22). The largest absolute Gasteiger partial charge is 0.384 e. The molecule has 0 fully saturated rings. The first-order chi connectivity index (χ1) is 10.5. The summed E-state index contributed by atoms with van der Waals surface area (Å²) in [6, 6.07) is 9.14. The fourth-order valence-electron chi connectivity index (χ4n) is 1.72. The van der Waals surface area contributed by atoms with E-state index in [2.05, 4.69) is 10.6 Å². The van der Waals surface area contributed by atoms with Crippen molar-refractivity contribution in [1.29, 1.82) is 0 Å². The Hall–Kier alpha value is -1.49. The second-order valence-corrected chi connectivity index (χ2v) is 5.70. The molecular formula is C15H12Cl3FN2O. The van der Waals surface area contributed by atoms with Gasteiger partial charge in [0.15, 0.2) is 0 Å². The molecule has 0 saturated heterocycles. The summed E-state index contributed by atoms with van der Waals surface area (Å²) in [6.45, 7) is 0.415. The third-order valence-corrected chi connectivity index (χ3v) is 3.83. The molecule has 0 unspecified atom stereocenters. The molecule has 22 heavy (non-hydrogen) atoms. The average Bonchev–Trinajstić information content (AvgIpc) is 2.47. The predicted molar refractivity (Wildman–Crippen MR) is 89.6 cm³/mol. The van der Waals surface area contributed by atoms with Crippen molar-refractivity contribution in [3.8, 4) is 0 Å². The molecule has 0 atom stereocenters. The van der Waals surface area contributed by atoms with Crippen LogP contribution in [0.2, 0.25) is 15.1 Å². The molecule has 7 heteroatoms. The van der Waals surface area contributed by atoms with Gasteiger partial charge in [-0.1, -0.05) is 34.8 Å². The molecule has 0 aliphatic carbocycles. The van der Waals surface area contributed by atoms with E-state index in [9.17, 15) is 9.18 Å². The van der Waals surface area contributed by atoms with Gasteiger partial charge in [0.2, 0.25) is 5.91 Å². The lowest BCUT2D eigenvalue weighted by atomic mass is 10.3. The lowest BCUT2D eigenvalue weighted by Gasteiger charge is -2.08. The van der Waals surface area contributed by atoms with E-state index in [1.54, 1.807) is 18.2 Å². The summed E-state index contributed by atoms with van der Waals surface area (Å²) in [4.78, 5) is 11.8. The van der Waals surface area contributed by atoms with Gasteiger partial charge in [0.1, 0.15) is 5.82 Å². The van der Waals surface area contributed by atoms with E-state index in [1.165, 1.54) is 18.2 Å². The molecule has 116 valence electrons. The number of carbonyl (C=O) groups is 1. The van der Waals surface area contributed by atoms with Gasteiger partial charge in [-0.15, -0.1) is 0 Å². The van der Waals surface area contributed by atoms with Crippen molar-refractivity contribution in [2.75, 3.05) is 17.2 Å². The number of hydrogen-bond acceptors (Lipinski definition) is 2. The second kappa shape index (κ2) is 7.68. The first kappa shape index (κ1) is 16.9. The monoisotopic (exact) mass is 360 g/mol. The van der Waals surface area contributed by atoms with Gasteiger partial charge in [-0.3, -0.25) is 4.79 Å². The molecule has 2 N–H and O–H groups in total. The Morgan fingerprint density at radius 3 is 2.32 bits per heavy atom. The van der Waals surface area contributed by atoms with E-state index < -0.39 is 5.82 Å². The van der Waals surface area contributed by atoms with Gasteiger partial charge in [0, 0.05) is 24.3 Å². The molecule has 0 aromatic heterocycles. The van der Waals surface area contributed by atoms with Gasteiger partial charge in [-0.05, 0) is 36.4 Å². The fourth-order valence-corrected chi connectivity index (χ4v) is 2.20. The van der Waals surface area contributed by atoms with E-state index >= 15 is 0 Å². The first-order valence-electron chi connectivity index (χ1n) is 6.39. The van der Waals surface area contributed by atoms with Crippen LogP contribution in [0.5, 0.6) is 0 Å². The highest BCUT2D eigenvalue weighted by atomic mass is 35.5. The van der Waals surface area contributed by atoms with Crippen molar-refractivity contribution in [2.24, 2.45) is 0 Å². The van der Waals surface area contributed by atoms with Gasteiger partial charge < -0.3 is 10.6 Å². The van der Waals surface area contributed by atoms with Gasteiger partial charge >= 0.3 is 0 Å². The highest BCUT2D eigenvalue weighted by Gasteiger charge is 2.06.